The van der Waals surface area contributed by atoms with Gasteiger partial charge in [-0.15, -0.1) is 10.2 Å². The molecule has 0 aliphatic carbocycles. The lowest BCUT2D eigenvalue weighted by molar-refractivity contribution is 0.0412. The molecule has 0 saturated carbocycles. The molecule has 2 atom stereocenters. The van der Waals surface area contributed by atoms with Crippen LogP contribution in [0.3, 0.4) is 0 Å². The van der Waals surface area contributed by atoms with Gasteiger partial charge in [-0.25, -0.2) is 4.79 Å². The molecule has 0 saturated heterocycles. The lowest BCUT2D eigenvalue weighted by Crippen LogP contribution is -2.43. The number of hydrogen-bond acceptors (Lipinski definition) is 6. The lowest BCUT2D eigenvalue weighted by Gasteiger charge is -2.25. The van der Waals surface area contributed by atoms with Crippen LogP contribution < -0.4 is 5.32 Å². The summed E-state index contributed by atoms with van der Waals surface area (Å²) in [5.74, 6) is 0.113. The van der Waals surface area contributed by atoms with Gasteiger partial charge in [-0.1, -0.05) is 35.5 Å². The maximum absolute atomic E-state index is 12.0. The fraction of sp³-hybridized carbons (Fsp3) is 0.467. The minimum absolute atomic E-state index is 0.113. The summed E-state index contributed by atoms with van der Waals surface area (Å²) in [4.78, 5) is 12.0. The summed E-state index contributed by atoms with van der Waals surface area (Å²) >= 11 is 0. The van der Waals surface area contributed by atoms with Crippen molar-refractivity contribution in [3.05, 3.63) is 41.7 Å². The average Bonchev–Trinajstić information content (AvgIpc) is 2.99. The van der Waals surface area contributed by atoms with Crippen molar-refractivity contribution >= 4 is 6.09 Å². The predicted octanol–water partition coefficient (Wildman–Crippen LogP) is 1.37. The third-order valence-corrected chi connectivity index (χ3v) is 3.01. The van der Waals surface area contributed by atoms with Gasteiger partial charge < -0.3 is 15.2 Å². The van der Waals surface area contributed by atoms with Crippen LogP contribution in [0.25, 0.3) is 0 Å². The van der Waals surface area contributed by atoms with E-state index in [-0.39, 0.29) is 5.82 Å². The Balaban J connectivity index is 2.12. The maximum atomic E-state index is 12.0. The highest BCUT2D eigenvalue weighted by molar-refractivity contribution is 5.68. The number of aromatic amines is 1. The second-order valence-corrected chi connectivity index (χ2v) is 6.16. The second-order valence-electron chi connectivity index (χ2n) is 6.16. The quantitative estimate of drug-likeness (QED) is 0.767. The molecule has 2 rings (SSSR count). The van der Waals surface area contributed by atoms with Crippen LogP contribution in [0.1, 0.15) is 38.3 Å². The van der Waals surface area contributed by atoms with Crippen LogP contribution in [-0.2, 0) is 11.2 Å². The normalized spacial score (nSPS) is 14.1. The highest BCUT2D eigenvalue weighted by Gasteiger charge is 2.28. The van der Waals surface area contributed by atoms with E-state index in [1.54, 1.807) is 20.8 Å². The van der Waals surface area contributed by atoms with Gasteiger partial charge in [0.15, 0.2) is 0 Å². The lowest BCUT2D eigenvalue weighted by atomic mass is 10.0. The largest absolute Gasteiger partial charge is 0.444 e. The van der Waals surface area contributed by atoms with Crippen molar-refractivity contribution in [1.82, 2.24) is 25.9 Å². The minimum atomic E-state index is -1.11. The molecule has 2 aromatic rings. The third-order valence-electron chi connectivity index (χ3n) is 3.01. The Hall–Kier alpha value is -2.48. The Kier molecular flexibility index (Phi) is 5.28. The van der Waals surface area contributed by atoms with Gasteiger partial charge >= 0.3 is 6.09 Å². The summed E-state index contributed by atoms with van der Waals surface area (Å²) < 4.78 is 5.25. The van der Waals surface area contributed by atoms with E-state index >= 15 is 0 Å². The average molecular weight is 319 g/mol. The number of aliphatic hydroxyl groups is 1. The molecular weight excluding hydrogens is 298 g/mol. The Bertz CT molecular complexity index is 610. The molecule has 0 unspecified atom stereocenters. The van der Waals surface area contributed by atoms with Crippen molar-refractivity contribution in [1.29, 1.82) is 0 Å². The Labute approximate surface area is 134 Å². The molecule has 1 heterocycles. The van der Waals surface area contributed by atoms with Gasteiger partial charge in [-0.2, -0.15) is 5.21 Å². The van der Waals surface area contributed by atoms with Gasteiger partial charge in [0.05, 0.1) is 6.04 Å². The summed E-state index contributed by atoms with van der Waals surface area (Å²) in [5.41, 5.74) is 0.328. The second kappa shape index (κ2) is 7.19. The molecule has 23 heavy (non-hydrogen) atoms. The molecule has 0 spiro atoms. The number of ether oxygens (including phenoxy) is 1. The number of hydrogen-bond donors (Lipinski definition) is 3. The van der Waals surface area contributed by atoms with Crippen molar-refractivity contribution in [2.45, 2.75) is 44.9 Å². The number of carbonyl (C=O) groups is 1. The monoisotopic (exact) mass is 319 g/mol. The first kappa shape index (κ1) is 16.9. The van der Waals surface area contributed by atoms with Crippen LogP contribution in [0.4, 0.5) is 4.79 Å². The summed E-state index contributed by atoms with van der Waals surface area (Å²) in [6.45, 7) is 5.32. The molecule has 8 nitrogen and oxygen atoms in total. The Morgan fingerprint density at radius 3 is 2.61 bits per heavy atom. The van der Waals surface area contributed by atoms with Gasteiger partial charge in [0.1, 0.15) is 11.7 Å². The zero-order valence-electron chi connectivity index (χ0n) is 13.4. The number of amides is 1. The van der Waals surface area contributed by atoms with Crippen molar-refractivity contribution in [2.75, 3.05) is 0 Å². The van der Waals surface area contributed by atoms with E-state index < -0.39 is 23.8 Å². The smallest absolute Gasteiger partial charge is 0.407 e. The molecule has 0 aliphatic heterocycles. The van der Waals surface area contributed by atoms with Gasteiger partial charge in [-0.3, -0.25) is 0 Å². The van der Waals surface area contributed by atoms with Crippen molar-refractivity contribution in [3.8, 4) is 0 Å². The van der Waals surface area contributed by atoms with E-state index in [2.05, 4.69) is 25.9 Å². The summed E-state index contributed by atoms with van der Waals surface area (Å²) in [6.07, 6.45) is -1.32. The summed E-state index contributed by atoms with van der Waals surface area (Å²) in [5, 5.41) is 26.4. The SMILES string of the molecule is CC(C)(C)OC(=O)N[C@@H](Cc1ccccc1)[C@@H](O)c1nn[nH]n1. The molecule has 1 amide bonds. The van der Waals surface area contributed by atoms with Crippen molar-refractivity contribution < 1.29 is 14.6 Å². The van der Waals surface area contributed by atoms with Crippen molar-refractivity contribution in [2.24, 2.45) is 0 Å². The first-order valence-corrected chi connectivity index (χ1v) is 7.30. The first-order valence-electron chi connectivity index (χ1n) is 7.30. The molecule has 0 bridgehead atoms. The zero-order chi connectivity index (χ0) is 16.9. The highest BCUT2D eigenvalue weighted by Crippen LogP contribution is 2.17. The number of tetrazole rings is 1. The summed E-state index contributed by atoms with van der Waals surface area (Å²) in [7, 11) is 0. The maximum Gasteiger partial charge on any atom is 0.407 e. The number of aliphatic hydroxyl groups excluding tert-OH is 1. The van der Waals surface area contributed by atoms with Crippen LogP contribution in [0.15, 0.2) is 30.3 Å². The van der Waals surface area contributed by atoms with Crippen LogP contribution in [0.5, 0.6) is 0 Å². The molecule has 1 aromatic carbocycles. The van der Waals surface area contributed by atoms with E-state index in [1.165, 1.54) is 0 Å². The van der Waals surface area contributed by atoms with Gasteiger partial charge in [0.2, 0.25) is 5.82 Å². The van der Waals surface area contributed by atoms with Gasteiger partial charge in [0.25, 0.3) is 0 Å². The van der Waals surface area contributed by atoms with Crippen LogP contribution >= 0.6 is 0 Å². The molecule has 0 radical (unpaired) electrons. The zero-order valence-corrected chi connectivity index (χ0v) is 13.4. The minimum Gasteiger partial charge on any atom is -0.444 e. The molecule has 8 heteroatoms. The van der Waals surface area contributed by atoms with E-state index in [0.717, 1.165) is 5.56 Å². The fourth-order valence-corrected chi connectivity index (χ4v) is 2.04. The number of rotatable bonds is 5. The van der Waals surface area contributed by atoms with Crippen LogP contribution in [0, 0.1) is 0 Å². The standard InChI is InChI=1S/C15H21N5O3/c1-15(2,3)23-14(22)16-11(9-10-7-5-4-6-8-10)12(21)13-17-19-20-18-13/h4-8,11-12,21H,9H2,1-3H3,(H,16,22)(H,17,18,19,20)/t11-,12+/m0/s1. The molecule has 3 N–H and O–H groups in total. The van der Waals surface area contributed by atoms with E-state index in [0.29, 0.717) is 6.42 Å². The molecule has 1 aromatic heterocycles. The van der Waals surface area contributed by atoms with E-state index in [9.17, 15) is 9.90 Å². The third kappa shape index (κ3) is 5.33. The van der Waals surface area contributed by atoms with Crippen molar-refractivity contribution in [3.63, 3.8) is 0 Å². The predicted molar refractivity (Wildman–Crippen MR) is 82.4 cm³/mol. The number of nitrogens with one attached hydrogen (secondary N) is 2. The van der Waals surface area contributed by atoms with E-state index in [1.807, 2.05) is 30.3 Å². The Morgan fingerprint density at radius 1 is 1.35 bits per heavy atom. The van der Waals surface area contributed by atoms with Gasteiger partial charge in [-0.05, 0) is 32.8 Å². The number of nitrogens with zero attached hydrogens (tertiary/aromatic N) is 3. The molecular formula is C15H21N5O3. The fourth-order valence-electron chi connectivity index (χ4n) is 2.04. The highest BCUT2D eigenvalue weighted by atomic mass is 16.6. The van der Waals surface area contributed by atoms with E-state index in [4.69, 9.17) is 4.74 Å². The number of benzene rings is 1. The Morgan fingerprint density at radius 2 is 2.04 bits per heavy atom. The van der Waals surface area contributed by atoms with Crippen LogP contribution in [-0.4, -0.2) is 43.5 Å². The molecule has 0 aliphatic rings. The first-order chi connectivity index (χ1) is 10.8. The number of carbonyl (C=O) groups excluding carboxylic acids is 1. The number of aromatic nitrogens is 4. The molecule has 0 fully saturated rings. The van der Waals surface area contributed by atoms with Gasteiger partial charge in [0, 0.05) is 0 Å². The van der Waals surface area contributed by atoms with Crippen LogP contribution in [0.2, 0.25) is 0 Å². The molecule has 124 valence electrons. The summed E-state index contributed by atoms with van der Waals surface area (Å²) in [6, 6.07) is 8.85. The number of alkyl carbamates (subject to hydrolysis) is 1. The topological polar surface area (TPSA) is 113 Å². The number of H-pyrrole nitrogens is 1.